The van der Waals surface area contributed by atoms with Crippen LogP contribution in [0.25, 0.3) is 0 Å². The maximum Gasteiger partial charge on any atom is 0.138 e. The third kappa shape index (κ3) is 4.48. The van der Waals surface area contributed by atoms with Crippen molar-refractivity contribution >= 4 is 0 Å². The van der Waals surface area contributed by atoms with E-state index in [2.05, 4.69) is 16.8 Å². The van der Waals surface area contributed by atoms with Crippen molar-refractivity contribution in [2.45, 2.75) is 26.3 Å². The molecule has 0 aliphatic carbocycles. The van der Waals surface area contributed by atoms with E-state index in [1.165, 1.54) is 0 Å². The summed E-state index contributed by atoms with van der Waals surface area (Å²) in [6.07, 6.45) is 3.36. The molecule has 0 saturated heterocycles. The molecule has 80 valence electrons. The monoisotopic (exact) mass is 204 g/mol. The Morgan fingerprint density at radius 1 is 1.47 bits per heavy atom. The van der Waals surface area contributed by atoms with Gasteiger partial charge in [0.1, 0.15) is 5.75 Å². The van der Waals surface area contributed by atoms with Crippen LogP contribution in [0.2, 0.25) is 0 Å². The predicted octanol–water partition coefficient (Wildman–Crippen LogP) is 1.57. The van der Waals surface area contributed by atoms with Crippen LogP contribution >= 0.6 is 0 Å². The maximum absolute atomic E-state index is 5.75. The zero-order chi connectivity index (χ0) is 11.3. The van der Waals surface area contributed by atoms with E-state index in [1.807, 2.05) is 26.8 Å². The number of hydrogen-bond acceptors (Lipinski definition) is 3. The Morgan fingerprint density at radius 2 is 2.20 bits per heavy atom. The molecule has 0 aromatic carbocycles. The standard InChI is InChI=1S/C12H16N2O/c1-4-15-11-7-10(8-14-9-11)5-6-12(2,3)13/h7-9H,4,13H2,1-3H3. The minimum atomic E-state index is -0.485. The van der Waals surface area contributed by atoms with Crippen molar-refractivity contribution in [1.82, 2.24) is 4.98 Å². The Labute approximate surface area is 90.7 Å². The number of aromatic nitrogens is 1. The Balaban J connectivity index is 2.85. The second-order valence-corrected chi connectivity index (χ2v) is 3.81. The quantitative estimate of drug-likeness (QED) is 0.744. The van der Waals surface area contributed by atoms with Gasteiger partial charge in [-0.05, 0) is 26.8 Å². The third-order valence-corrected chi connectivity index (χ3v) is 1.55. The normalized spacial score (nSPS) is 10.4. The molecule has 0 aliphatic heterocycles. The molecule has 0 radical (unpaired) electrons. The minimum absolute atomic E-state index is 0.485. The highest BCUT2D eigenvalue weighted by molar-refractivity contribution is 5.38. The van der Waals surface area contributed by atoms with Gasteiger partial charge in [0.25, 0.3) is 0 Å². The van der Waals surface area contributed by atoms with Crippen molar-refractivity contribution in [2.24, 2.45) is 5.73 Å². The van der Waals surface area contributed by atoms with Crippen LogP contribution in [0.15, 0.2) is 18.5 Å². The number of ether oxygens (including phenoxy) is 1. The molecular weight excluding hydrogens is 188 g/mol. The number of rotatable bonds is 2. The lowest BCUT2D eigenvalue weighted by Gasteiger charge is -2.07. The molecule has 3 heteroatoms. The van der Waals surface area contributed by atoms with Gasteiger partial charge in [0.15, 0.2) is 0 Å². The Bertz CT molecular complexity index is 383. The Morgan fingerprint density at radius 3 is 2.80 bits per heavy atom. The highest BCUT2D eigenvalue weighted by Gasteiger charge is 2.03. The molecule has 0 aliphatic rings. The lowest BCUT2D eigenvalue weighted by atomic mass is 10.1. The van der Waals surface area contributed by atoms with Crippen LogP contribution < -0.4 is 10.5 Å². The fourth-order valence-electron chi connectivity index (χ4n) is 0.966. The van der Waals surface area contributed by atoms with Gasteiger partial charge in [0.05, 0.1) is 18.3 Å². The topological polar surface area (TPSA) is 48.1 Å². The van der Waals surface area contributed by atoms with E-state index in [9.17, 15) is 0 Å². The smallest absolute Gasteiger partial charge is 0.138 e. The number of nitrogens with two attached hydrogens (primary N) is 1. The van der Waals surface area contributed by atoms with Gasteiger partial charge in [-0.15, -0.1) is 0 Å². The average molecular weight is 204 g/mol. The van der Waals surface area contributed by atoms with E-state index in [0.717, 1.165) is 11.3 Å². The zero-order valence-corrected chi connectivity index (χ0v) is 9.37. The van der Waals surface area contributed by atoms with Crippen molar-refractivity contribution in [3.05, 3.63) is 24.0 Å². The number of pyridine rings is 1. The Hall–Kier alpha value is -1.53. The largest absolute Gasteiger partial charge is 0.492 e. The first-order chi connectivity index (χ1) is 7.01. The average Bonchev–Trinajstić information content (AvgIpc) is 2.15. The van der Waals surface area contributed by atoms with E-state index in [0.29, 0.717) is 6.61 Å². The van der Waals surface area contributed by atoms with E-state index in [1.54, 1.807) is 12.4 Å². The molecule has 0 saturated carbocycles. The highest BCUT2D eigenvalue weighted by Crippen LogP contribution is 2.10. The van der Waals surface area contributed by atoms with Gasteiger partial charge >= 0.3 is 0 Å². The molecule has 0 spiro atoms. The fraction of sp³-hybridized carbons (Fsp3) is 0.417. The van der Waals surface area contributed by atoms with E-state index >= 15 is 0 Å². The molecule has 1 heterocycles. The summed E-state index contributed by atoms with van der Waals surface area (Å²) >= 11 is 0. The lowest BCUT2D eigenvalue weighted by molar-refractivity contribution is 0.339. The molecule has 0 unspecified atom stereocenters. The summed E-state index contributed by atoms with van der Waals surface area (Å²) in [6, 6.07) is 1.86. The predicted molar refractivity (Wildman–Crippen MR) is 60.6 cm³/mol. The van der Waals surface area contributed by atoms with Crippen molar-refractivity contribution in [1.29, 1.82) is 0 Å². The SMILES string of the molecule is CCOc1cncc(C#CC(C)(C)N)c1. The van der Waals surface area contributed by atoms with Crippen LogP contribution in [-0.4, -0.2) is 17.1 Å². The van der Waals surface area contributed by atoms with Gasteiger partial charge in [-0.2, -0.15) is 0 Å². The van der Waals surface area contributed by atoms with Crippen molar-refractivity contribution in [3.8, 4) is 17.6 Å². The zero-order valence-electron chi connectivity index (χ0n) is 9.37. The summed E-state index contributed by atoms with van der Waals surface area (Å²) in [5.41, 5.74) is 6.09. The highest BCUT2D eigenvalue weighted by atomic mass is 16.5. The van der Waals surface area contributed by atoms with Gasteiger partial charge in [0, 0.05) is 11.8 Å². The number of nitrogens with zero attached hydrogens (tertiary/aromatic N) is 1. The molecule has 0 bridgehead atoms. The first kappa shape index (κ1) is 11.5. The van der Waals surface area contributed by atoms with Crippen LogP contribution in [0.5, 0.6) is 5.75 Å². The van der Waals surface area contributed by atoms with Gasteiger partial charge in [0.2, 0.25) is 0 Å². The lowest BCUT2D eigenvalue weighted by Crippen LogP contribution is -2.29. The third-order valence-electron chi connectivity index (χ3n) is 1.55. The van der Waals surface area contributed by atoms with Gasteiger partial charge in [-0.3, -0.25) is 4.98 Å². The molecule has 0 amide bonds. The minimum Gasteiger partial charge on any atom is -0.492 e. The molecule has 0 atom stereocenters. The molecule has 0 fully saturated rings. The van der Waals surface area contributed by atoms with E-state index < -0.39 is 5.54 Å². The first-order valence-corrected chi connectivity index (χ1v) is 4.91. The second kappa shape index (κ2) is 4.81. The summed E-state index contributed by atoms with van der Waals surface area (Å²) < 4.78 is 5.32. The molecule has 15 heavy (non-hydrogen) atoms. The summed E-state index contributed by atoms with van der Waals surface area (Å²) in [6.45, 7) is 6.28. The first-order valence-electron chi connectivity index (χ1n) is 4.91. The molecule has 2 N–H and O–H groups in total. The van der Waals surface area contributed by atoms with Gasteiger partial charge in [-0.25, -0.2) is 0 Å². The van der Waals surface area contributed by atoms with Crippen molar-refractivity contribution in [3.63, 3.8) is 0 Å². The van der Waals surface area contributed by atoms with Crippen LogP contribution in [-0.2, 0) is 0 Å². The summed E-state index contributed by atoms with van der Waals surface area (Å²) in [5.74, 6) is 6.64. The maximum atomic E-state index is 5.75. The Kier molecular flexibility index (Phi) is 3.70. The number of hydrogen-bond donors (Lipinski definition) is 1. The van der Waals surface area contributed by atoms with Crippen molar-refractivity contribution < 1.29 is 4.74 Å². The molecule has 3 nitrogen and oxygen atoms in total. The fourth-order valence-corrected chi connectivity index (χ4v) is 0.966. The van der Waals surface area contributed by atoms with Crippen LogP contribution in [0.1, 0.15) is 26.3 Å². The molecule has 1 rings (SSSR count). The van der Waals surface area contributed by atoms with Crippen LogP contribution in [0.3, 0.4) is 0 Å². The van der Waals surface area contributed by atoms with E-state index in [4.69, 9.17) is 10.5 Å². The molecule has 1 aromatic heterocycles. The second-order valence-electron chi connectivity index (χ2n) is 3.81. The van der Waals surface area contributed by atoms with Crippen LogP contribution in [0.4, 0.5) is 0 Å². The van der Waals surface area contributed by atoms with Gasteiger partial charge in [-0.1, -0.05) is 11.8 Å². The summed E-state index contributed by atoms with van der Waals surface area (Å²) in [5, 5.41) is 0. The summed E-state index contributed by atoms with van der Waals surface area (Å²) in [7, 11) is 0. The van der Waals surface area contributed by atoms with Gasteiger partial charge < -0.3 is 10.5 Å². The summed E-state index contributed by atoms with van der Waals surface area (Å²) in [4.78, 5) is 4.04. The molecule has 1 aromatic rings. The van der Waals surface area contributed by atoms with Crippen LogP contribution in [0, 0.1) is 11.8 Å². The van der Waals surface area contributed by atoms with E-state index in [-0.39, 0.29) is 0 Å². The molecular formula is C12H16N2O. The van der Waals surface area contributed by atoms with Crippen molar-refractivity contribution in [2.75, 3.05) is 6.61 Å².